The van der Waals surface area contributed by atoms with Gasteiger partial charge in [0.25, 0.3) is 0 Å². The Bertz CT molecular complexity index is 990. The highest BCUT2D eigenvalue weighted by Gasteiger charge is 2.16. The maximum Gasteiger partial charge on any atom is 0.350 e. The second kappa shape index (κ2) is 7.34. The number of benzene rings is 2. The average Bonchev–Trinajstić information content (AvgIpc) is 3.34. The summed E-state index contributed by atoms with van der Waals surface area (Å²) in [5.74, 6) is 0.137. The Labute approximate surface area is 155 Å². The Morgan fingerprint density at radius 2 is 1.93 bits per heavy atom. The molecule has 8 heteroatoms. The third kappa shape index (κ3) is 3.49. The van der Waals surface area contributed by atoms with Crippen LogP contribution >= 0.6 is 0 Å². The van der Waals surface area contributed by atoms with E-state index in [9.17, 15) is 9.18 Å². The number of halogens is 1. The van der Waals surface area contributed by atoms with Crippen LogP contribution < -0.4 is 21.3 Å². The molecule has 1 saturated heterocycles. The monoisotopic (exact) mass is 369 g/mol. The van der Waals surface area contributed by atoms with Crippen LogP contribution in [0.3, 0.4) is 0 Å². The third-order valence-corrected chi connectivity index (χ3v) is 4.73. The van der Waals surface area contributed by atoms with Gasteiger partial charge in [-0.3, -0.25) is 15.4 Å². The molecule has 27 heavy (non-hydrogen) atoms. The normalized spacial score (nSPS) is 14.6. The number of aromatic nitrogens is 3. The largest absolute Gasteiger partial charge is 0.494 e. The molecule has 2 aromatic carbocycles. The van der Waals surface area contributed by atoms with E-state index in [1.807, 2.05) is 24.3 Å². The highest BCUT2D eigenvalue weighted by atomic mass is 19.1. The molecule has 0 atom stereocenters. The lowest BCUT2D eigenvalue weighted by molar-refractivity contribution is 0.385. The van der Waals surface area contributed by atoms with Crippen LogP contribution in [-0.4, -0.2) is 34.5 Å². The fourth-order valence-electron chi connectivity index (χ4n) is 3.21. The number of nitrogens with zero attached hydrogens (tertiary/aromatic N) is 3. The van der Waals surface area contributed by atoms with E-state index >= 15 is 0 Å². The van der Waals surface area contributed by atoms with E-state index in [1.165, 1.54) is 34.3 Å². The Balaban J connectivity index is 1.56. The van der Waals surface area contributed by atoms with E-state index in [-0.39, 0.29) is 18.0 Å². The van der Waals surface area contributed by atoms with Crippen LogP contribution in [0.1, 0.15) is 17.0 Å². The van der Waals surface area contributed by atoms with Gasteiger partial charge in [0.15, 0.2) is 11.6 Å². The van der Waals surface area contributed by atoms with Crippen LogP contribution in [0.2, 0.25) is 0 Å². The number of rotatable bonds is 5. The number of hydrogen-bond donors (Lipinski definition) is 2. The lowest BCUT2D eigenvalue weighted by Crippen LogP contribution is -2.24. The minimum absolute atomic E-state index is 0.152. The van der Waals surface area contributed by atoms with Gasteiger partial charge in [-0.2, -0.15) is 9.78 Å². The molecule has 3 aromatic rings. The van der Waals surface area contributed by atoms with Crippen molar-refractivity contribution in [3.63, 3.8) is 0 Å². The second-order valence-corrected chi connectivity index (χ2v) is 6.47. The topological polar surface area (TPSA) is 73.1 Å². The Morgan fingerprint density at radius 1 is 1.19 bits per heavy atom. The Hall–Kier alpha value is -2.97. The van der Waals surface area contributed by atoms with E-state index in [2.05, 4.69) is 16.0 Å². The van der Waals surface area contributed by atoms with Gasteiger partial charge in [0.1, 0.15) is 6.33 Å². The summed E-state index contributed by atoms with van der Waals surface area (Å²) < 4.78 is 21.4. The van der Waals surface area contributed by atoms with Crippen molar-refractivity contribution in [3.05, 3.63) is 76.2 Å². The van der Waals surface area contributed by atoms with Gasteiger partial charge in [-0.1, -0.05) is 18.2 Å². The lowest BCUT2D eigenvalue weighted by Gasteiger charge is -2.08. The van der Waals surface area contributed by atoms with Crippen LogP contribution in [-0.2, 0) is 6.54 Å². The molecule has 1 fully saturated rings. The standard InChI is InChI=1S/C19H20FN5O2/c1-27-18-8-13(2-7-17(18)20)11-24-12-23-25(19(24)26)16-5-3-14(4-6-16)15-9-21-22-10-15/h2-8,12,15,21-22H,9-11H2,1H3. The molecule has 1 aliphatic heterocycles. The van der Waals surface area contributed by atoms with E-state index in [4.69, 9.17) is 4.74 Å². The highest BCUT2D eigenvalue weighted by molar-refractivity contribution is 5.35. The van der Waals surface area contributed by atoms with Crippen molar-refractivity contribution in [2.24, 2.45) is 0 Å². The molecule has 0 bridgehead atoms. The zero-order chi connectivity index (χ0) is 18.8. The fraction of sp³-hybridized carbons (Fsp3) is 0.263. The van der Waals surface area contributed by atoms with Crippen molar-refractivity contribution in [1.82, 2.24) is 25.2 Å². The van der Waals surface area contributed by atoms with Gasteiger partial charge in [-0.15, -0.1) is 0 Å². The third-order valence-electron chi connectivity index (χ3n) is 4.73. The molecule has 2 N–H and O–H groups in total. The summed E-state index contributed by atoms with van der Waals surface area (Å²) in [6.45, 7) is 2.05. The molecule has 1 aromatic heterocycles. The molecular formula is C19H20FN5O2. The van der Waals surface area contributed by atoms with Crippen molar-refractivity contribution in [2.75, 3.05) is 20.2 Å². The minimum Gasteiger partial charge on any atom is -0.494 e. The zero-order valence-electron chi connectivity index (χ0n) is 14.9. The van der Waals surface area contributed by atoms with Crippen molar-refractivity contribution in [3.8, 4) is 11.4 Å². The smallest absolute Gasteiger partial charge is 0.350 e. The van der Waals surface area contributed by atoms with E-state index < -0.39 is 5.82 Å². The van der Waals surface area contributed by atoms with Gasteiger partial charge in [-0.25, -0.2) is 9.18 Å². The lowest BCUT2D eigenvalue weighted by atomic mass is 10.0. The molecule has 1 aliphatic rings. The van der Waals surface area contributed by atoms with Crippen molar-refractivity contribution in [1.29, 1.82) is 0 Å². The molecule has 4 rings (SSSR count). The molecule has 0 radical (unpaired) electrons. The first kappa shape index (κ1) is 17.4. The van der Waals surface area contributed by atoms with Crippen LogP contribution in [0.4, 0.5) is 4.39 Å². The first-order chi connectivity index (χ1) is 13.2. The van der Waals surface area contributed by atoms with E-state index in [1.54, 1.807) is 12.1 Å². The SMILES string of the molecule is COc1cc(Cn2cnn(-c3ccc(C4CNNC4)cc3)c2=O)ccc1F. The van der Waals surface area contributed by atoms with Crippen LogP contribution in [0, 0.1) is 5.82 Å². The van der Waals surface area contributed by atoms with Gasteiger partial charge in [-0.05, 0) is 35.4 Å². The Kier molecular flexibility index (Phi) is 4.74. The average molecular weight is 369 g/mol. The molecule has 2 heterocycles. The highest BCUT2D eigenvalue weighted by Crippen LogP contribution is 2.19. The van der Waals surface area contributed by atoms with Crippen molar-refractivity contribution >= 4 is 0 Å². The predicted octanol–water partition coefficient (Wildman–Crippen LogP) is 1.42. The summed E-state index contributed by atoms with van der Waals surface area (Å²) in [6.07, 6.45) is 1.48. The summed E-state index contributed by atoms with van der Waals surface area (Å²) in [7, 11) is 1.41. The van der Waals surface area contributed by atoms with Gasteiger partial charge < -0.3 is 4.74 Å². The first-order valence-corrected chi connectivity index (χ1v) is 8.68. The Morgan fingerprint density at radius 3 is 2.63 bits per heavy atom. The van der Waals surface area contributed by atoms with Crippen molar-refractivity contribution in [2.45, 2.75) is 12.5 Å². The minimum atomic E-state index is -0.433. The molecular weight excluding hydrogens is 349 g/mol. The summed E-state index contributed by atoms with van der Waals surface area (Å²) in [4.78, 5) is 12.7. The van der Waals surface area contributed by atoms with Gasteiger partial charge in [0.2, 0.25) is 0 Å². The van der Waals surface area contributed by atoms with E-state index in [0.717, 1.165) is 18.7 Å². The van der Waals surface area contributed by atoms with Gasteiger partial charge in [0.05, 0.1) is 19.3 Å². The molecule has 0 saturated carbocycles. The number of hydrazine groups is 1. The quantitative estimate of drug-likeness (QED) is 0.712. The zero-order valence-corrected chi connectivity index (χ0v) is 14.9. The van der Waals surface area contributed by atoms with E-state index in [0.29, 0.717) is 11.6 Å². The molecule has 0 unspecified atom stereocenters. The second-order valence-electron chi connectivity index (χ2n) is 6.47. The summed E-state index contributed by atoms with van der Waals surface area (Å²) in [6, 6.07) is 12.4. The molecule has 140 valence electrons. The summed E-state index contributed by atoms with van der Waals surface area (Å²) in [5, 5.41) is 4.21. The molecule has 0 spiro atoms. The number of hydrogen-bond acceptors (Lipinski definition) is 5. The maximum atomic E-state index is 13.5. The van der Waals surface area contributed by atoms with Gasteiger partial charge >= 0.3 is 5.69 Å². The number of nitrogens with one attached hydrogen (secondary N) is 2. The number of methoxy groups -OCH3 is 1. The molecule has 7 nitrogen and oxygen atoms in total. The fourth-order valence-corrected chi connectivity index (χ4v) is 3.21. The van der Waals surface area contributed by atoms with Crippen molar-refractivity contribution < 1.29 is 9.13 Å². The van der Waals surface area contributed by atoms with Crippen LogP contribution in [0.15, 0.2) is 53.6 Å². The summed E-state index contributed by atoms with van der Waals surface area (Å²) in [5.41, 5.74) is 8.64. The summed E-state index contributed by atoms with van der Waals surface area (Å²) >= 11 is 0. The van der Waals surface area contributed by atoms with Gasteiger partial charge in [0, 0.05) is 19.0 Å². The number of ether oxygens (including phenoxy) is 1. The van der Waals surface area contributed by atoms with Crippen LogP contribution in [0.5, 0.6) is 5.75 Å². The first-order valence-electron chi connectivity index (χ1n) is 8.68. The predicted molar refractivity (Wildman–Crippen MR) is 98.6 cm³/mol. The maximum absolute atomic E-state index is 13.5. The molecule has 0 amide bonds. The molecule has 0 aliphatic carbocycles. The van der Waals surface area contributed by atoms with Crippen LogP contribution in [0.25, 0.3) is 5.69 Å².